The number of ether oxygens (including phenoxy) is 1. The van der Waals surface area contributed by atoms with Crippen LogP contribution in [-0.4, -0.2) is 24.6 Å². The number of rotatable bonds is 4. The van der Waals surface area contributed by atoms with Gasteiger partial charge in [0.1, 0.15) is 6.61 Å². The van der Waals surface area contributed by atoms with E-state index in [9.17, 15) is 4.79 Å². The second-order valence-electron chi connectivity index (χ2n) is 3.91. The fourth-order valence-corrected chi connectivity index (χ4v) is 2.73. The third-order valence-corrected chi connectivity index (χ3v) is 3.85. The molecule has 0 radical (unpaired) electrons. The van der Waals surface area contributed by atoms with Gasteiger partial charge in [-0.15, -0.1) is 11.3 Å². The van der Waals surface area contributed by atoms with Gasteiger partial charge in [-0.3, -0.25) is 10.1 Å². The molecule has 1 aromatic carbocycles. The van der Waals surface area contributed by atoms with Crippen LogP contribution >= 0.6 is 27.3 Å². The lowest BCUT2D eigenvalue weighted by molar-refractivity contribution is -0.119. The van der Waals surface area contributed by atoms with E-state index >= 15 is 0 Å². The molecular formula is C13H13BrN2O2S. The van der Waals surface area contributed by atoms with E-state index in [4.69, 9.17) is 4.74 Å². The molecule has 0 aliphatic carbocycles. The quantitative estimate of drug-likeness (QED) is 0.927. The molecule has 0 aliphatic heterocycles. The Morgan fingerprint density at radius 3 is 2.74 bits per heavy atom. The Kier molecular flexibility index (Phi) is 4.68. The van der Waals surface area contributed by atoms with Crippen molar-refractivity contribution in [1.29, 1.82) is 0 Å². The molecule has 19 heavy (non-hydrogen) atoms. The monoisotopic (exact) mass is 340 g/mol. The number of benzene rings is 1. The van der Waals surface area contributed by atoms with E-state index in [1.54, 1.807) is 0 Å². The highest BCUT2D eigenvalue weighted by molar-refractivity contribution is 9.10. The standard InChI is InChI=1S/C13H13BrN2O2S/c1-8-12(9-3-5-10(14)6-4-9)16-13(19-8)15-11(17)7-18-2/h3-6H,7H2,1-2H3,(H,15,16,17). The van der Waals surface area contributed by atoms with E-state index < -0.39 is 0 Å². The first kappa shape index (κ1) is 14.2. The number of aryl methyl sites for hydroxylation is 1. The van der Waals surface area contributed by atoms with E-state index in [1.165, 1.54) is 18.4 Å². The summed E-state index contributed by atoms with van der Waals surface area (Å²) < 4.78 is 5.80. The van der Waals surface area contributed by atoms with Crippen LogP contribution in [0.4, 0.5) is 5.13 Å². The van der Waals surface area contributed by atoms with Gasteiger partial charge in [0.25, 0.3) is 5.91 Å². The number of methoxy groups -OCH3 is 1. The molecule has 2 rings (SSSR count). The molecule has 1 aromatic heterocycles. The Labute approximate surface area is 124 Å². The minimum Gasteiger partial charge on any atom is -0.375 e. The SMILES string of the molecule is COCC(=O)Nc1nc(-c2ccc(Br)cc2)c(C)s1. The number of anilines is 1. The van der Waals surface area contributed by atoms with Gasteiger partial charge in [-0.2, -0.15) is 0 Å². The first-order chi connectivity index (χ1) is 9.10. The summed E-state index contributed by atoms with van der Waals surface area (Å²) in [7, 11) is 1.49. The molecule has 0 aliphatic rings. The molecule has 4 nitrogen and oxygen atoms in total. The van der Waals surface area contributed by atoms with Crippen molar-refractivity contribution < 1.29 is 9.53 Å². The number of hydrogen-bond donors (Lipinski definition) is 1. The first-order valence-corrected chi connectivity index (χ1v) is 7.23. The molecule has 1 amide bonds. The van der Waals surface area contributed by atoms with Crippen molar-refractivity contribution in [2.75, 3.05) is 19.0 Å². The van der Waals surface area contributed by atoms with E-state index in [0.29, 0.717) is 5.13 Å². The van der Waals surface area contributed by atoms with Crippen molar-refractivity contribution in [1.82, 2.24) is 4.98 Å². The molecule has 0 atom stereocenters. The molecule has 0 spiro atoms. The molecule has 2 aromatic rings. The fourth-order valence-electron chi connectivity index (χ4n) is 1.61. The Hall–Kier alpha value is -1.24. The Morgan fingerprint density at radius 1 is 1.42 bits per heavy atom. The minimum absolute atomic E-state index is 0.0340. The molecule has 0 fully saturated rings. The third-order valence-electron chi connectivity index (χ3n) is 2.44. The van der Waals surface area contributed by atoms with Crippen LogP contribution in [0.25, 0.3) is 11.3 Å². The van der Waals surface area contributed by atoms with Gasteiger partial charge >= 0.3 is 0 Å². The van der Waals surface area contributed by atoms with E-state index in [-0.39, 0.29) is 12.5 Å². The second-order valence-corrected chi connectivity index (χ2v) is 6.03. The van der Waals surface area contributed by atoms with Crippen molar-refractivity contribution >= 4 is 38.3 Å². The van der Waals surface area contributed by atoms with Crippen molar-refractivity contribution in [3.8, 4) is 11.3 Å². The zero-order valence-corrected chi connectivity index (χ0v) is 13.0. The van der Waals surface area contributed by atoms with Crippen molar-refractivity contribution in [2.24, 2.45) is 0 Å². The van der Waals surface area contributed by atoms with Crippen molar-refractivity contribution in [2.45, 2.75) is 6.92 Å². The number of amides is 1. The number of aromatic nitrogens is 1. The van der Waals surface area contributed by atoms with Gasteiger partial charge in [-0.25, -0.2) is 4.98 Å². The number of carbonyl (C=O) groups is 1. The highest BCUT2D eigenvalue weighted by atomic mass is 79.9. The van der Waals surface area contributed by atoms with Gasteiger partial charge in [-0.1, -0.05) is 28.1 Å². The molecule has 1 N–H and O–H groups in total. The number of nitrogens with one attached hydrogen (secondary N) is 1. The largest absolute Gasteiger partial charge is 0.375 e. The fraction of sp³-hybridized carbons (Fsp3) is 0.231. The van der Waals surface area contributed by atoms with Gasteiger partial charge in [0.15, 0.2) is 5.13 Å². The number of thiazole rings is 1. The number of halogens is 1. The maximum atomic E-state index is 11.4. The van der Waals surface area contributed by atoms with Crippen LogP contribution in [0, 0.1) is 6.92 Å². The Morgan fingerprint density at radius 2 is 2.11 bits per heavy atom. The van der Waals surface area contributed by atoms with Crippen LogP contribution in [0.15, 0.2) is 28.7 Å². The van der Waals surface area contributed by atoms with Crippen LogP contribution in [-0.2, 0) is 9.53 Å². The molecule has 6 heteroatoms. The normalized spacial score (nSPS) is 10.5. The second kappa shape index (κ2) is 6.27. The van der Waals surface area contributed by atoms with Crippen LogP contribution < -0.4 is 5.32 Å². The molecule has 1 heterocycles. The molecule has 0 bridgehead atoms. The van der Waals surface area contributed by atoms with Crippen LogP contribution in [0.3, 0.4) is 0 Å². The molecule has 0 unspecified atom stereocenters. The van der Waals surface area contributed by atoms with E-state index in [2.05, 4.69) is 26.2 Å². The molecule has 0 saturated heterocycles. The summed E-state index contributed by atoms with van der Waals surface area (Å²) in [6.45, 7) is 2.02. The average molecular weight is 341 g/mol. The van der Waals surface area contributed by atoms with Gasteiger partial charge in [0.2, 0.25) is 0 Å². The average Bonchev–Trinajstić information content (AvgIpc) is 2.71. The minimum atomic E-state index is -0.196. The maximum absolute atomic E-state index is 11.4. The third kappa shape index (κ3) is 3.62. The van der Waals surface area contributed by atoms with Gasteiger partial charge < -0.3 is 4.74 Å². The summed E-state index contributed by atoms with van der Waals surface area (Å²) in [5.74, 6) is -0.196. The zero-order chi connectivity index (χ0) is 13.8. The summed E-state index contributed by atoms with van der Waals surface area (Å²) in [4.78, 5) is 17.0. The lowest BCUT2D eigenvalue weighted by Crippen LogP contribution is -2.16. The first-order valence-electron chi connectivity index (χ1n) is 5.62. The van der Waals surface area contributed by atoms with Crippen LogP contribution in [0.2, 0.25) is 0 Å². The van der Waals surface area contributed by atoms with Crippen LogP contribution in [0.5, 0.6) is 0 Å². The summed E-state index contributed by atoms with van der Waals surface area (Å²) in [5.41, 5.74) is 1.93. The number of nitrogens with zero attached hydrogens (tertiary/aromatic N) is 1. The van der Waals surface area contributed by atoms with E-state index in [0.717, 1.165) is 20.6 Å². The molecule has 0 saturated carbocycles. The zero-order valence-electron chi connectivity index (χ0n) is 10.6. The highest BCUT2D eigenvalue weighted by Crippen LogP contribution is 2.30. The Bertz CT molecular complexity index is 581. The summed E-state index contributed by atoms with van der Waals surface area (Å²) >= 11 is 4.86. The van der Waals surface area contributed by atoms with Gasteiger partial charge in [-0.05, 0) is 19.1 Å². The molecule has 100 valence electrons. The smallest absolute Gasteiger partial charge is 0.252 e. The molecular weight excluding hydrogens is 328 g/mol. The highest BCUT2D eigenvalue weighted by Gasteiger charge is 2.11. The number of hydrogen-bond acceptors (Lipinski definition) is 4. The summed E-state index contributed by atoms with van der Waals surface area (Å²) in [5, 5.41) is 3.31. The van der Waals surface area contributed by atoms with Gasteiger partial charge in [0.05, 0.1) is 5.69 Å². The van der Waals surface area contributed by atoms with Crippen molar-refractivity contribution in [3.05, 3.63) is 33.6 Å². The summed E-state index contributed by atoms with van der Waals surface area (Å²) in [6, 6.07) is 7.92. The lowest BCUT2D eigenvalue weighted by atomic mass is 10.1. The topological polar surface area (TPSA) is 51.2 Å². The predicted molar refractivity (Wildman–Crippen MR) is 80.5 cm³/mol. The lowest BCUT2D eigenvalue weighted by Gasteiger charge is -1.99. The maximum Gasteiger partial charge on any atom is 0.252 e. The Balaban J connectivity index is 2.21. The summed E-state index contributed by atoms with van der Waals surface area (Å²) in [6.07, 6.45) is 0. The van der Waals surface area contributed by atoms with Crippen LogP contribution in [0.1, 0.15) is 4.88 Å². The van der Waals surface area contributed by atoms with Gasteiger partial charge in [0, 0.05) is 22.0 Å². The van der Waals surface area contributed by atoms with E-state index in [1.807, 2.05) is 31.2 Å². The van der Waals surface area contributed by atoms with Crippen molar-refractivity contribution in [3.63, 3.8) is 0 Å². The predicted octanol–water partition coefficient (Wildman–Crippen LogP) is 3.47. The number of carbonyl (C=O) groups excluding carboxylic acids is 1.